The van der Waals surface area contributed by atoms with E-state index in [2.05, 4.69) is 38.2 Å². The zero-order chi connectivity index (χ0) is 11.8. The van der Waals surface area contributed by atoms with E-state index in [4.69, 9.17) is 0 Å². The van der Waals surface area contributed by atoms with Crippen LogP contribution in [0.4, 0.5) is 0 Å². The van der Waals surface area contributed by atoms with Crippen LogP contribution >= 0.6 is 0 Å². The lowest BCUT2D eigenvalue weighted by Crippen LogP contribution is -2.56. The molecule has 2 rings (SSSR count). The molecule has 2 aliphatic carbocycles. The van der Waals surface area contributed by atoms with Crippen molar-refractivity contribution < 1.29 is 0 Å². The maximum atomic E-state index is 3.53. The minimum atomic E-state index is 0.538. The summed E-state index contributed by atoms with van der Waals surface area (Å²) in [6, 6.07) is 2.33. The summed E-state index contributed by atoms with van der Waals surface area (Å²) in [5.41, 5.74) is 0.538. The highest BCUT2D eigenvalue weighted by Crippen LogP contribution is 2.39. The molecule has 1 N–H and O–H groups in total. The van der Waals surface area contributed by atoms with Crippen LogP contribution in [0.1, 0.15) is 52.4 Å². The molecule has 2 heteroatoms. The van der Waals surface area contributed by atoms with E-state index in [0.29, 0.717) is 11.5 Å². The van der Waals surface area contributed by atoms with E-state index >= 15 is 0 Å². The van der Waals surface area contributed by atoms with E-state index in [-0.39, 0.29) is 0 Å². The number of nitrogens with zero attached hydrogens (tertiary/aromatic N) is 1. The molecule has 0 saturated heterocycles. The molecule has 2 fully saturated rings. The highest BCUT2D eigenvalue weighted by molar-refractivity contribution is 4.96. The van der Waals surface area contributed by atoms with Crippen molar-refractivity contribution >= 4 is 0 Å². The summed E-state index contributed by atoms with van der Waals surface area (Å²) in [4.78, 5) is 2.67. The Bertz CT molecular complexity index is 233. The van der Waals surface area contributed by atoms with Crippen LogP contribution in [0.15, 0.2) is 0 Å². The van der Waals surface area contributed by atoms with E-state index in [1.165, 1.54) is 38.5 Å². The Morgan fingerprint density at radius 2 is 1.88 bits per heavy atom. The van der Waals surface area contributed by atoms with E-state index in [0.717, 1.165) is 12.1 Å². The second-order valence-corrected chi connectivity index (χ2v) is 6.62. The molecular weight excluding hydrogens is 196 g/mol. The Morgan fingerprint density at radius 1 is 1.19 bits per heavy atom. The number of likely N-dealkylation sites (N-methyl/N-ethyl adjacent to an activating group) is 2. The molecule has 0 spiro atoms. The van der Waals surface area contributed by atoms with Crippen molar-refractivity contribution in [2.24, 2.45) is 5.41 Å². The van der Waals surface area contributed by atoms with Gasteiger partial charge in [-0.3, -0.25) is 4.90 Å². The predicted molar refractivity (Wildman–Crippen MR) is 69.7 cm³/mol. The summed E-state index contributed by atoms with van der Waals surface area (Å²) in [5.74, 6) is 0. The van der Waals surface area contributed by atoms with Gasteiger partial charge in [-0.15, -0.1) is 0 Å². The largest absolute Gasteiger partial charge is 0.315 e. The first-order valence-electron chi connectivity index (χ1n) is 6.93. The smallest absolute Gasteiger partial charge is 0.0254 e. The summed E-state index contributed by atoms with van der Waals surface area (Å²) < 4.78 is 0. The van der Waals surface area contributed by atoms with Crippen molar-refractivity contribution in [1.29, 1.82) is 0 Å². The van der Waals surface area contributed by atoms with Gasteiger partial charge in [0.15, 0.2) is 0 Å². The fraction of sp³-hybridized carbons (Fsp3) is 1.00. The third kappa shape index (κ3) is 2.43. The minimum Gasteiger partial charge on any atom is -0.315 e. The van der Waals surface area contributed by atoms with Gasteiger partial charge in [0.25, 0.3) is 0 Å². The van der Waals surface area contributed by atoms with Gasteiger partial charge in [-0.2, -0.15) is 0 Å². The maximum Gasteiger partial charge on any atom is 0.0254 e. The molecule has 2 atom stereocenters. The summed E-state index contributed by atoms with van der Waals surface area (Å²) >= 11 is 0. The zero-order valence-electron chi connectivity index (χ0n) is 11.4. The minimum absolute atomic E-state index is 0.538. The van der Waals surface area contributed by atoms with Gasteiger partial charge in [0.05, 0.1) is 0 Å². The van der Waals surface area contributed by atoms with Gasteiger partial charge in [0, 0.05) is 18.1 Å². The summed E-state index contributed by atoms with van der Waals surface area (Å²) in [5, 5.41) is 3.53. The van der Waals surface area contributed by atoms with E-state index in [9.17, 15) is 0 Å². The Morgan fingerprint density at radius 3 is 2.38 bits per heavy atom. The quantitative estimate of drug-likeness (QED) is 0.793. The monoisotopic (exact) mass is 224 g/mol. The molecule has 0 aromatic rings. The van der Waals surface area contributed by atoms with Gasteiger partial charge in [0.2, 0.25) is 0 Å². The van der Waals surface area contributed by atoms with Crippen LogP contribution in [0, 0.1) is 5.41 Å². The standard InChI is InChI=1S/C14H28N2/c1-14(2)9-8-12(15-3)13(10-14)16(4)11-6-5-7-11/h11-13,15H,5-10H2,1-4H3. The van der Waals surface area contributed by atoms with Crippen LogP contribution in [-0.4, -0.2) is 37.1 Å². The first kappa shape index (κ1) is 12.4. The van der Waals surface area contributed by atoms with Crippen LogP contribution < -0.4 is 5.32 Å². The van der Waals surface area contributed by atoms with Gasteiger partial charge in [0.1, 0.15) is 0 Å². The first-order chi connectivity index (χ1) is 7.53. The Kier molecular flexibility index (Phi) is 3.60. The van der Waals surface area contributed by atoms with Crippen LogP contribution in [0.25, 0.3) is 0 Å². The molecule has 0 bridgehead atoms. The molecule has 0 amide bonds. The number of nitrogens with one attached hydrogen (secondary N) is 1. The zero-order valence-corrected chi connectivity index (χ0v) is 11.4. The molecule has 16 heavy (non-hydrogen) atoms. The third-order valence-corrected chi connectivity index (χ3v) is 4.90. The van der Waals surface area contributed by atoms with Crippen LogP contribution in [0.2, 0.25) is 0 Å². The van der Waals surface area contributed by atoms with Crippen molar-refractivity contribution in [2.75, 3.05) is 14.1 Å². The molecule has 2 nitrogen and oxygen atoms in total. The van der Waals surface area contributed by atoms with Crippen molar-refractivity contribution in [3.05, 3.63) is 0 Å². The van der Waals surface area contributed by atoms with Crippen molar-refractivity contribution in [3.63, 3.8) is 0 Å². The molecule has 0 aliphatic heterocycles. The number of hydrogen-bond acceptors (Lipinski definition) is 2. The van der Waals surface area contributed by atoms with E-state index in [1.807, 2.05) is 0 Å². The van der Waals surface area contributed by atoms with Gasteiger partial charge in [-0.05, 0) is 51.6 Å². The summed E-state index contributed by atoms with van der Waals surface area (Å²) in [7, 11) is 4.48. The van der Waals surface area contributed by atoms with Crippen LogP contribution in [-0.2, 0) is 0 Å². The molecule has 0 aromatic carbocycles. The molecule has 2 saturated carbocycles. The first-order valence-corrected chi connectivity index (χ1v) is 6.93. The molecule has 0 heterocycles. The van der Waals surface area contributed by atoms with Gasteiger partial charge < -0.3 is 5.32 Å². The molecule has 0 aromatic heterocycles. The van der Waals surface area contributed by atoms with Crippen molar-refractivity contribution in [2.45, 2.75) is 70.5 Å². The average molecular weight is 224 g/mol. The molecular formula is C14H28N2. The summed E-state index contributed by atoms with van der Waals surface area (Å²) in [6.07, 6.45) is 8.34. The Hall–Kier alpha value is -0.0800. The highest BCUT2D eigenvalue weighted by atomic mass is 15.2. The maximum absolute atomic E-state index is 3.53. The van der Waals surface area contributed by atoms with E-state index < -0.39 is 0 Å². The molecule has 94 valence electrons. The average Bonchev–Trinajstić information content (AvgIpc) is 2.13. The summed E-state index contributed by atoms with van der Waals surface area (Å²) in [6.45, 7) is 4.86. The lowest BCUT2D eigenvalue weighted by molar-refractivity contribution is 0.0317. The van der Waals surface area contributed by atoms with Crippen LogP contribution in [0.5, 0.6) is 0 Å². The van der Waals surface area contributed by atoms with Gasteiger partial charge >= 0.3 is 0 Å². The van der Waals surface area contributed by atoms with Crippen molar-refractivity contribution in [3.8, 4) is 0 Å². The SMILES string of the molecule is CNC1CCC(C)(C)CC1N(C)C1CCC1. The number of rotatable bonds is 3. The lowest BCUT2D eigenvalue weighted by atomic mass is 9.71. The fourth-order valence-corrected chi connectivity index (χ4v) is 3.38. The van der Waals surface area contributed by atoms with Gasteiger partial charge in [-0.25, -0.2) is 0 Å². The fourth-order valence-electron chi connectivity index (χ4n) is 3.38. The topological polar surface area (TPSA) is 15.3 Å². The Balaban J connectivity index is 2.01. The third-order valence-electron chi connectivity index (χ3n) is 4.90. The van der Waals surface area contributed by atoms with Crippen LogP contribution in [0.3, 0.4) is 0 Å². The normalized spacial score (nSPS) is 35.1. The lowest BCUT2D eigenvalue weighted by Gasteiger charge is -2.49. The highest BCUT2D eigenvalue weighted by Gasteiger charge is 2.39. The second-order valence-electron chi connectivity index (χ2n) is 6.62. The molecule has 2 aliphatic rings. The second kappa shape index (κ2) is 4.66. The van der Waals surface area contributed by atoms with Gasteiger partial charge in [-0.1, -0.05) is 20.3 Å². The van der Waals surface area contributed by atoms with E-state index in [1.54, 1.807) is 0 Å². The Labute approximate surface area is 101 Å². The molecule has 0 radical (unpaired) electrons. The predicted octanol–water partition coefficient (Wildman–Crippen LogP) is 2.64. The number of hydrogen-bond donors (Lipinski definition) is 1. The molecule has 2 unspecified atom stereocenters. The van der Waals surface area contributed by atoms with Crippen molar-refractivity contribution in [1.82, 2.24) is 10.2 Å².